The zero-order chi connectivity index (χ0) is 10.9. The molecule has 0 fully saturated rings. The van der Waals surface area contributed by atoms with E-state index in [0.717, 1.165) is 0 Å². The van der Waals surface area contributed by atoms with Crippen LogP contribution in [0, 0.1) is 6.92 Å². The highest BCUT2D eigenvalue weighted by Gasteiger charge is 2.16. The van der Waals surface area contributed by atoms with Crippen molar-refractivity contribution in [1.82, 2.24) is 0 Å². The minimum absolute atomic E-state index is 0.0353. The lowest BCUT2D eigenvalue weighted by atomic mass is 9.95. The fourth-order valence-electron chi connectivity index (χ4n) is 1.51. The molecule has 0 spiro atoms. The van der Waals surface area contributed by atoms with E-state index in [4.69, 9.17) is 11.6 Å². The molecule has 0 aromatic heterocycles. The predicted molar refractivity (Wildman–Crippen MR) is 57.3 cm³/mol. The van der Waals surface area contributed by atoms with E-state index in [-0.39, 0.29) is 11.7 Å². The Balaban J connectivity index is 3.55. The van der Waals surface area contributed by atoms with Gasteiger partial charge in [-0.3, -0.25) is 4.79 Å². The molecule has 1 N–H and O–H groups in total. The first-order valence-corrected chi connectivity index (χ1v) is 4.84. The molecule has 0 heterocycles. The molecule has 0 saturated carbocycles. The molecule has 0 atom stereocenters. The second-order valence-electron chi connectivity index (χ2n) is 3.62. The van der Waals surface area contributed by atoms with Gasteiger partial charge in [-0.05, 0) is 30.0 Å². The third-order valence-electron chi connectivity index (χ3n) is 2.21. The standard InChI is InChI=1S/C11H13ClO2/c1-6(2)10-8(5-13)11(14)7(3)4-9(10)12/h4-6,14H,1-3H3. The molecule has 76 valence electrons. The summed E-state index contributed by atoms with van der Waals surface area (Å²) in [5.74, 6) is 0.155. The molecule has 3 heteroatoms. The van der Waals surface area contributed by atoms with Crippen molar-refractivity contribution in [2.75, 3.05) is 0 Å². The number of benzene rings is 1. The van der Waals surface area contributed by atoms with Crippen molar-refractivity contribution in [2.24, 2.45) is 0 Å². The average Bonchev–Trinajstić information content (AvgIpc) is 2.09. The largest absolute Gasteiger partial charge is 0.507 e. The summed E-state index contributed by atoms with van der Waals surface area (Å²) in [5, 5.41) is 10.2. The number of aldehydes is 1. The number of aryl methyl sites for hydroxylation is 1. The Hall–Kier alpha value is -1.02. The fourth-order valence-corrected chi connectivity index (χ4v) is 1.99. The Morgan fingerprint density at radius 2 is 2.07 bits per heavy atom. The summed E-state index contributed by atoms with van der Waals surface area (Å²) in [4.78, 5) is 10.8. The molecule has 1 aromatic rings. The van der Waals surface area contributed by atoms with Crippen LogP contribution >= 0.6 is 11.6 Å². The number of phenolic OH excluding ortho intramolecular Hbond substituents is 1. The Kier molecular flexibility index (Phi) is 3.17. The van der Waals surface area contributed by atoms with Crippen molar-refractivity contribution < 1.29 is 9.90 Å². The summed E-state index contributed by atoms with van der Waals surface area (Å²) in [7, 11) is 0. The van der Waals surface area contributed by atoms with Gasteiger partial charge in [0.25, 0.3) is 0 Å². The number of hydrogen-bond donors (Lipinski definition) is 1. The van der Waals surface area contributed by atoms with Crippen LogP contribution in [-0.2, 0) is 0 Å². The average molecular weight is 213 g/mol. The molecule has 0 aliphatic rings. The van der Waals surface area contributed by atoms with Gasteiger partial charge < -0.3 is 5.11 Å². The van der Waals surface area contributed by atoms with Crippen molar-refractivity contribution in [3.8, 4) is 5.75 Å². The molecular formula is C11H13ClO2. The minimum atomic E-state index is 0.0353. The van der Waals surface area contributed by atoms with Gasteiger partial charge in [0, 0.05) is 5.02 Å². The summed E-state index contributed by atoms with van der Waals surface area (Å²) in [6.07, 6.45) is 0.656. The Morgan fingerprint density at radius 3 is 2.50 bits per heavy atom. The van der Waals surface area contributed by atoms with E-state index in [9.17, 15) is 9.90 Å². The molecule has 0 bridgehead atoms. The molecular weight excluding hydrogens is 200 g/mol. The van der Waals surface area contributed by atoms with Crippen LogP contribution in [0.25, 0.3) is 0 Å². The van der Waals surface area contributed by atoms with Crippen LogP contribution in [0.15, 0.2) is 6.07 Å². The molecule has 0 radical (unpaired) electrons. The second kappa shape index (κ2) is 4.01. The first kappa shape index (κ1) is 11.1. The van der Waals surface area contributed by atoms with Gasteiger partial charge in [0.05, 0.1) is 5.56 Å². The second-order valence-corrected chi connectivity index (χ2v) is 4.03. The van der Waals surface area contributed by atoms with Crippen LogP contribution in [0.5, 0.6) is 5.75 Å². The maximum atomic E-state index is 10.8. The zero-order valence-electron chi connectivity index (χ0n) is 8.47. The van der Waals surface area contributed by atoms with Crippen LogP contribution in [0.1, 0.15) is 41.3 Å². The lowest BCUT2D eigenvalue weighted by molar-refractivity contribution is 0.111. The van der Waals surface area contributed by atoms with Crippen LogP contribution in [0.3, 0.4) is 0 Å². The first-order valence-electron chi connectivity index (χ1n) is 4.46. The van der Waals surface area contributed by atoms with Crippen molar-refractivity contribution in [2.45, 2.75) is 26.7 Å². The highest BCUT2D eigenvalue weighted by Crippen LogP contribution is 2.34. The van der Waals surface area contributed by atoms with Gasteiger partial charge in [-0.1, -0.05) is 25.4 Å². The van der Waals surface area contributed by atoms with E-state index in [1.54, 1.807) is 13.0 Å². The third-order valence-corrected chi connectivity index (χ3v) is 2.53. The van der Waals surface area contributed by atoms with Crippen LogP contribution in [-0.4, -0.2) is 11.4 Å². The Labute approximate surface area is 88.5 Å². The topological polar surface area (TPSA) is 37.3 Å². The highest BCUT2D eigenvalue weighted by atomic mass is 35.5. The maximum absolute atomic E-state index is 10.8. The van der Waals surface area contributed by atoms with Crippen molar-refractivity contribution in [1.29, 1.82) is 0 Å². The van der Waals surface area contributed by atoms with Crippen LogP contribution in [0.2, 0.25) is 5.02 Å². The highest BCUT2D eigenvalue weighted by molar-refractivity contribution is 6.32. The summed E-state index contributed by atoms with van der Waals surface area (Å²) in [5.41, 5.74) is 1.65. The molecule has 1 rings (SSSR count). The normalized spacial score (nSPS) is 10.6. The number of phenols is 1. The summed E-state index contributed by atoms with van der Waals surface area (Å²) < 4.78 is 0. The SMILES string of the molecule is Cc1cc(Cl)c(C(C)C)c(C=O)c1O. The van der Waals surface area contributed by atoms with E-state index < -0.39 is 0 Å². The van der Waals surface area contributed by atoms with Gasteiger partial charge in [-0.15, -0.1) is 0 Å². The first-order chi connectivity index (χ1) is 6.49. The molecule has 0 amide bonds. The summed E-state index contributed by atoms with van der Waals surface area (Å²) >= 11 is 6.01. The lowest BCUT2D eigenvalue weighted by Gasteiger charge is -2.14. The maximum Gasteiger partial charge on any atom is 0.154 e. The van der Waals surface area contributed by atoms with E-state index in [2.05, 4.69) is 0 Å². The number of carbonyl (C=O) groups is 1. The predicted octanol–water partition coefficient (Wildman–Crippen LogP) is 3.29. The van der Waals surface area contributed by atoms with Crippen molar-refractivity contribution in [3.05, 3.63) is 27.8 Å². The van der Waals surface area contributed by atoms with Crippen LogP contribution < -0.4 is 0 Å². The summed E-state index contributed by atoms with van der Waals surface area (Å²) in [6.45, 7) is 5.59. The lowest BCUT2D eigenvalue weighted by Crippen LogP contribution is -1.98. The van der Waals surface area contributed by atoms with Crippen LogP contribution in [0.4, 0.5) is 0 Å². The Morgan fingerprint density at radius 1 is 1.50 bits per heavy atom. The van der Waals surface area contributed by atoms with Gasteiger partial charge in [-0.25, -0.2) is 0 Å². The van der Waals surface area contributed by atoms with Gasteiger partial charge in [0.15, 0.2) is 6.29 Å². The zero-order valence-corrected chi connectivity index (χ0v) is 9.22. The Bertz CT molecular complexity index is 370. The quantitative estimate of drug-likeness (QED) is 0.764. The van der Waals surface area contributed by atoms with E-state index in [0.29, 0.717) is 28.0 Å². The summed E-state index contributed by atoms with van der Waals surface area (Å²) in [6, 6.07) is 1.68. The van der Waals surface area contributed by atoms with Gasteiger partial charge in [0.2, 0.25) is 0 Å². The molecule has 0 aliphatic heterocycles. The van der Waals surface area contributed by atoms with Gasteiger partial charge in [0.1, 0.15) is 5.75 Å². The molecule has 0 unspecified atom stereocenters. The number of halogens is 1. The minimum Gasteiger partial charge on any atom is -0.507 e. The molecule has 0 saturated heterocycles. The number of hydrogen-bond acceptors (Lipinski definition) is 2. The van der Waals surface area contributed by atoms with Crippen molar-refractivity contribution in [3.63, 3.8) is 0 Å². The molecule has 1 aromatic carbocycles. The number of rotatable bonds is 2. The number of aromatic hydroxyl groups is 1. The third kappa shape index (κ3) is 1.75. The van der Waals surface area contributed by atoms with Gasteiger partial charge >= 0.3 is 0 Å². The fraction of sp³-hybridized carbons (Fsp3) is 0.364. The van der Waals surface area contributed by atoms with E-state index >= 15 is 0 Å². The molecule has 2 nitrogen and oxygen atoms in total. The van der Waals surface area contributed by atoms with E-state index in [1.165, 1.54) is 0 Å². The smallest absolute Gasteiger partial charge is 0.154 e. The van der Waals surface area contributed by atoms with E-state index in [1.807, 2.05) is 13.8 Å². The van der Waals surface area contributed by atoms with Gasteiger partial charge in [-0.2, -0.15) is 0 Å². The monoisotopic (exact) mass is 212 g/mol. The van der Waals surface area contributed by atoms with Crippen molar-refractivity contribution >= 4 is 17.9 Å². The molecule has 0 aliphatic carbocycles. The number of carbonyl (C=O) groups excluding carboxylic acids is 1. The molecule has 14 heavy (non-hydrogen) atoms.